The summed E-state index contributed by atoms with van der Waals surface area (Å²) in [5.41, 5.74) is 2.29. The summed E-state index contributed by atoms with van der Waals surface area (Å²) in [7, 11) is -2.10. The molecule has 240 valence electrons. The van der Waals surface area contributed by atoms with Crippen LogP contribution in [0.4, 0.5) is 0 Å². The maximum absolute atomic E-state index is 13.9. The molecule has 1 atom stereocenters. The molecular formula is C34H36N4O7S. The summed E-state index contributed by atoms with van der Waals surface area (Å²) in [6.07, 6.45) is 3.30. The average molecular weight is 645 g/mol. The van der Waals surface area contributed by atoms with Gasteiger partial charge in [-0.25, -0.2) is 8.42 Å². The topological polar surface area (TPSA) is 127 Å². The molecule has 46 heavy (non-hydrogen) atoms. The van der Waals surface area contributed by atoms with Crippen molar-refractivity contribution in [2.24, 2.45) is 0 Å². The smallest absolute Gasteiger partial charge is 0.261 e. The highest BCUT2D eigenvalue weighted by Gasteiger charge is 2.32. The molecule has 1 aliphatic rings. The van der Waals surface area contributed by atoms with Gasteiger partial charge in [-0.05, 0) is 65.2 Å². The first-order valence-electron chi connectivity index (χ1n) is 14.8. The number of amides is 2. The molecule has 0 aliphatic carbocycles. The van der Waals surface area contributed by atoms with E-state index in [1.807, 2.05) is 42.5 Å². The van der Waals surface area contributed by atoms with Crippen LogP contribution in [-0.2, 0) is 37.4 Å². The Balaban J connectivity index is 1.37. The van der Waals surface area contributed by atoms with Crippen LogP contribution in [0.25, 0.3) is 0 Å². The van der Waals surface area contributed by atoms with Crippen molar-refractivity contribution in [2.75, 3.05) is 40.0 Å². The second kappa shape index (κ2) is 15.5. The largest absolute Gasteiger partial charge is 0.497 e. The van der Waals surface area contributed by atoms with Crippen LogP contribution in [0.2, 0.25) is 0 Å². The molecular weight excluding hydrogens is 608 g/mol. The molecule has 11 nitrogen and oxygen atoms in total. The van der Waals surface area contributed by atoms with Gasteiger partial charge >= 0.3 is 0 Å². The molecule has 4 aromatic rings. The zero-order valence-electron chi connectivity index (χ0n) is 25.4. The standard InChI is InChI=1S/C34H36N4O7S/c1-43-29-9-7-27(8-10-29)24-38(33(28-5-3-2-4-6-28)34(40)36-23-26-15-17-35-18-16-26)32(39)25-45-30-11-13-31(14-12-30)46(41,42)37-19-21-44-22-20-37/h2-18,33H,19-25H2,1H3,(H,36,40). The molecule has 1 unspecified atom stereocenters. The Kier molecular flexibility index (Phi) is 11.0. The molecule has 12 heteroatoms. The summed E-state index contributed by atoms with van der Waals surface area (Å²) in [6, 6.07) is 25.0. The lowest BCUT2D eigenvalue weighted by atomic mass is 10.0. The fourth-order valence-corrected chi connectivity index (χ4v) is 6.43. The first-order valence-corrected chi connectivity index (χ1v) is 16.2. The van der Waals surface area contributed by atoms with Gasteiger partial charge in [-0.1, -0.05) is 42.5 Å². The highest BCUT2D eigenvalue weighted by molar-refractivity contribution is 7.89. The molecule has 3 aromatic carbocycles. The van der Waals surface area contributed by atoms with Crippen molar-refractivity contribution in [1.29, 1.82) is 0 Å². The quantitative estimate of drug-likeness (QED) is 0.234. The number of benzene rings is 3. The van der Waals surface area contributed by atoms with E-state index < -0.39 is 22.0 Å². The molecule has 1 aromatic heterocycles. The maximum atomic E-state index is 13.9. The number of hydrogen-bond acceptors (Lipinski definition) is 8. The molecule has 0 saturated carbocycles. The van der Waals surface area contributed by atoms with Crippen LogP contribution in [0.15, 0.2) is 108 Å². The van der Waals surface area contributed by atoms with E-state index in [4.69, 9.17) is 14.2 Å². The van der Waals surface area contributed by atoms with Gasteiger partial charge < -0.3 is 24.4 Å². The monoisotopic (exact) mass is 644 g/mol. The van der Waals surface area contributed by atoms with Crippen LogP contribution in [0.1, 0.15) is 22.7 Å². The van der Waals surface area contributed by atoms with E-state index >= 15 is 0 Å². The summed E-state index contributed by atoms with van der Waals surface area (Å²) < 4.78 is 43.8. The van der Waals surface area contributed by atoms with E-state index in [0.29, 0.717) is 30.3 Å². The SMILES string of the molecule is COc1ccc(CN(C(=O)COc2ccc(S(=O)(=O)N3CCOCC3)cc2)C(C(=O)NCc2ccncc2)c2ccccc2)cc1. The summed E-state index contributed by atoms with van der Waals surface area (Å²) in [5.74, 6) is 0.187. The summed E-state index contributed by atoms with van der Waals surface area (Å²) >= 11 is 0. The third-order valence-corrected chi connectivity index (χ3v) is 9.43. The van der Waals surface area contributed by atoms with Crippen molar-refractivity contribution in [2.45, 2.75) is 24.0 Å². The van der Waals surface area contributed by atoms with Gasteiger partial charge in [-0.15, -0.1) is 0 Å². The fraction of sp³-hybridized carbons (Fsp3) is 0.265. The van der Waals surface area contributed by atoms with Gasteiger partial charge in [-0.2, -0.15) is 4.31 Å². The normalized spacial score (nSPS) is 14.2. The Morgan fingerprint density at radius 3 is 2.20 bits per heavy atom. The van der Waals surface area contributed by atoms with E-state index in [1.54, 1.807) is 43.8 Å². The molecule has 5 rings (SSSR count). The third kappa shape index (κ3) is 8.27. The number of nitrogens with one attached hydrogen (secondary N) is 1. The number of sulfonamides is 1. The number of aromatic nitrogens is 1. The molecule has 2 heterocycles. The molecule has 1 aliphatic heterocycles. The highest BCUT2D eigenvalue weighted by atomic mass is 32.2. The minimum absolute atomic E-state index is 0.116. The highest BCUT2D eigenvalue weighted by Crippen LogP contribution is 2.26. The van der Waals surface area contributed by atoms with E-state index in [9.17, 15) is 18.0 Å². The number of morpholine rings is 1. The Morgan fingerprint density at radius 1 is 0.891 bits per heavy atom. The van der Waals surface area contributed by atoms with E-state index in [0.717, 1.165) is 11.1 Å². The van der Waals surface area contributed by atoms with Crippen molar-refractivity contribution >= 4 is 21.8 Å². The number of methoxy groups -OCH3 is 1. The van der Waals surface area contributed by atoms with Crippen LogP contribution in [0.3, 0.4) is 0 Å². The molecule has 2 amide bonds. The number of rotatable bonds is 13. The Bertz CT molecular complexity index is 1680. The summed E-state index contributed by atoms with van der Waals surface area (Å²) in [5, 5.41) is 2.97. The number of nitrogens with zero attached hydrogens (tertiary/aromatic N) is 3. The summed E-state index contributed by atoms with van der Waals surface area (Å²) in [4.78, 5) is 33.4. The van der Waals surface area contributed by atoms with Crippen molar-refractivity contribution in [3.05, 3.63) is 120 Å². The van der Waals surface area contributed by atoms with E-state index in [2.05, 4.69) is 10.3 Å². The van der Waals surface area contributed by atoms with Crippen molar-refractivity contribution in [3.63, 3.8) is 0 Å². The molecule has 1 N–H and O–H groups in total. The predicted octanol–water partition coefficient (Wildman–Crippen LogP) is 3.58. The van der Waals surface area contributed by atoms with Gasteiger partial charge in [0.25, 0.3) is 5.91 Å². The average Bonchev–Trinajstić information content (AvgIpc) is 3.11. The molecule has 1 saturated heterocycles. The van der Waals surface area contributed by atoms with Crippen molar-refractivity contribution < 1.29 is 32.2 Å². The molecule has 0 radical (unpaired) electrons. The predicted molar refractivity (Wildman–Crippen MR) is 170 cm³/mol. The molecule has 0 bridgehead atoms. The van der Waals surface area contributed by atoms with Gasteiger partial charge in [0.1, 0.15) is 17.5 Å². The maximum Gasteiger partial charge on any atom is 0.261 e. The second-order valence-electron chi connectivity index (χ2n) is 10.5. The third-order valence-electron chi connectivity index (χ3n) is 7.52. The van der Waals surface area contributed by atoms with Gasteiger partial charge in [0.2, 0.25) is 15.9 Å². The van der Waals surface area contributed by atoms with Gasteiger partial charge in [-0.3, -0.25) is 14.6 Å². The number of carbonyl (C=O) groups is 2. The number of pyridine rings is 1. The molecule has 0 spiro atoms. The minimum Gasteiger partial charge on any atom is -0.497 e. The Labute approximate surface area is 268 Å². The lowest BCUT2D eigenvalue weighted by Crippen LogP contribution is -2.45. The molecule has 1 fully saturated rings. The van der Waals surface area contributed by atoms with Crippen LogP contribution in [0, 0.1) is 0 Å². The second-order valence-corrected chi connectivity index (χ2v) is 12.5. The lowest BCUT2D eigenvalue weighted by Gasteiger charge is -2.31. The van der Waals surface area contributed by atoms with Crippen LogP contribution in [-0.4, -0.2) is 74.4 Å². The van der Waals surface area contributed by atoms with Crippen LogP contribution in [0.5, 0.6) is 11.5 Å². The van der Waals surface area contributed by atoms with Crippen molar-refractivity contribution in [1.82, 2.24) is 19.5 Å². The number of carbonyl (C=O) groups excluding carboxylic acids is 2. The number of ether oxygens (including phenoxy) is 3. The number of hydrogen-bond donors (Lipinski definition) is 1. The summed E-state index contributed by atoms with van der Waals surface area (Å²) in [6.45, 7) is 1.27. The van der Waals surface area contributed by atoms with Gasteiger partial charge in [0.15, 0.2) is 6.61 Å². The van der Waals surface area contributed by atoms with E-state index in [1.165, 1.54) is 33.5 Å². The van der Waals surface area contributed by atoms with Crippen molar-refractivity contribution in [3.8, 4) is 11.5 Å². The fourth-order valence-electron chi connectivity index (χ4n) is 5.02. The first kappa shape index (κ1) is 32.6. The van der Waals surface area contributed by atoms with E-state index in [-0.39, 0.29) is 43.6 Å². The van der Waals surface area contributed by atoms with Crippen LogP contribution >= 0.6 is 0 Å². The Hall–Kier alpha value is -4.78. The van der Waals surface area contributed by atoms with Gasteiger partial charge in [0.05, 0.1) is 25.2 Å². The van der Waals surface area contributed by atoms with Gasteiger partial charge in [0, 0.05) is 38.6 Å². The Morgan fingerprint density at radius 2 is 1.54 bits per heavy atom. The zero-order chi connectivity index (χ0) is 32.4. The first-order chi connectivity index (χ1) is 22.3. The zero-order valence-corrected chi connectivity index (χ0v) is 26.3. The van der Waals surface area contributed by atoms with Crippen LogP contribution < -0.4 is 14.8 Å². The lowest BCUT2D eigenvalue weighted by molar-refractivity contribution is -0.143. The minimum atomic E-state index is -3.67.